The van der Waals surface area contributed by atoms with Gasteiger partial charge >= 0.3 is 17.9 Å². The Morgan fingerprint density at radius 1 is 0.576 bits per heavy atom. The van der Waals surface area contributed by atoms with Gasteiger partial charge < -0.3 is 94.5 Å². The molecule has 0 aliphatic carbocycles. The molecule has 0 aliphatic heterocycles. The van der Waals surface area contributed by atoms with Crippen molar-refractivity contribution >= 4 is 77.0 Å². The molecule has 1 aromatic heterocycles. The summed E-state index contributed by atoms with van der Waals surface area (Å²) in [4.78, 5) is 178. The molecular formula is C59H76FN13O19. The lowest BCUT2D eigenvalue weighted by Crippen LogP contribution is -2.67. The molecule has 4 rings (SSSR count). The van der Waals surface area contributed by atoms with Gasteiger partial charge in [-0.05, 0) is 63.3 Å². The number of aromatic amines is 1. The fourth-order valence-corrected chi connectivity index (χ4v) is 8.58. The molecule has 3 aromatic carbocycles. The molecule has 0 aliphatic rings. The van der Waals surface area contributed by atoms with Gasteiger partial charge in [-0.15, -0.1) is 0 Å². The molecule has 0 radical (unpaired) electrons. The Bertz CT molecular complexity index is 3250. The van der Waals surface area contributed by atoms with E-state index in [4.69, 9.17) is 5.73 Å². The Morgan fingerprint density at radius 3 is 1.65 bits per heavy atom. The van der Waals surface area contributed by atoms with E-state index in [2.05, 4.69) is 47.2 Å². The predicted molar refractivity (Wildman–Crippen MR) is 320 cm³/mol. The van der Waals surface area contributed by atoms with Crippen molar-refractivity contribution in [2.24, 2.45) is 5.73 Å². The monoisotopic (exact) mass is 1290 g/mol. The summed E-state index contributed by atoms with van der Waals surface area (Å²) in [6, 6.07) is 9.03. The maximum Gasteiger partial charge on any atom is 0.325 e. The van der Waals surface area contributed by atoms with E-state index in [1.807, 2.05) is 35.6 Å². The van der Waals surface area contributed by atoms with Crippen LogP contribution < -0.4 is 58.9 Å². The quantitative estimate of drug-likeness (QED) is 0.0192. The van der Waals surface area contributed by atoms with Gasteiger partial charge in [0, 0.05) is 31.9 Å². The van der Waals surface area contributed by atoms with Crippen LogP contribution in [0.4, 0.5) is 4.39 Å². The molecule has 0 unspecified atom stereocenters. The third-order valence-corrected chi connectivity index (χ3v) is 13.9. The number of aromatic nitrogens is 2. The molecule has 0 bridgehead atoms. The number of rotatable bonds is 36. The second kappa shape index (κ2) is 34.6. The smallest absolute Gasteiger partial charge is 0.325 e. The number of carboxylic acid groups (broad SMARTS) is 3. The lowest BCUT2D eigenvalue weighted by Gasteiger charge is -2.32. The van der Waals surface area contributed by atoms with Crippen molar-refractivity contribution in [1.82, 2.24) is 63.1 Å². The molecule has 33 heteroatoms. The molecule has 0 spiro atoms. The van der Waals surface area contributed by atoms with Gasteiger partial charge in [0.15, 0.2) is 0 Å². The van der Waals surface area contributed by atoms with Crippen LogP contribution >= 0.6 is 0 Å². The highest BCUT2D eigenvalue weighted by atomic mass is 19.1. The largest absolute Gasteiger partial charge is 0.481 e. The molecular weight excluding hydrogens is 1210 g/mol. The summed E-state index contributed by atoms with van der Waals surface area (Å²) in [6.07, 6.45) is -4.70. The summed E-state index contributed by atoms with van der Waals surface area (Å²) >= 11 is 0. The van der Waals surface area contributed by atoms with E-state index in [1.165, 1.54) is 50.6 Å². The number of nitrogens with one attached hydrogen (secondary N) is 11. The van der Waals surface area contributed by atoms with Crippen molar-refractivity contribution in [1.29, 1.82) is 0 Å². The van der Waals surface area contributed by atoms with Crippen molar-refractivity contribution in [2.75, 3.05) is 13.2 Å². The summed E-state index contributed by atoms with van der Waals surface area (Å²) in [5.74, 6) is -21.4. The number of imidazole rings is 1. The van der Waals surface area contributed by atoms with E-state index >= 15 is 4.39 Å². The van der Waals surface area contributed by atoms with Crippen LogP contribution in [0.15, 0.2) is 97.5 Å². The third kappa shape index (κ3) is 23.0. The van der Waals surface area contributed by atoms with Crippen LogP contribution in [0, 0.1) is 0 Å². The van der Waals surface area contributed by atoms with E-state index in [-0.39, 0.29) is 18.4 Å². The normalized spacial score (nSPS) is 15.1. The molecule has 32 nitrogen and oxygen atoms in total. The molecule has 19 N–H and O–H groups in total. The number of aliphatic hydroxyl groups is 3. The van der Waals surface area contributed by atoms with Gasteiger partial charge in [0.2, 0.25) is 53.2 Å². The first kappa shape index (κ1) is 74.2. The number of H-pyrrole nitrogens is 1. The highest BCUT2D eigenvalue weighted by molar-refractivity contribution is 6.00. The second-order valence-electron chi connectivity index (χ2n) is 21.8. The maximum absolute atomic E-state index is 17.0. The van der Waals surface area contributed by atoms with Crippen LogP contribution in [0.25, 0.3) is 11.1 Å². The number of alkyl halides is 1. The zero-order chi connectivity index (χ0) is 68.6. The van der Waals surface area contributed by atoms with E-state index < -0.39 is 188 Å². The number of halogens is 1. The van der Waals surface area contributed by atoms with E-state index in [0.29, 0.717) is 18.2 Å². The number of aliphatic hydroxyl groups excluding tert-OH is 3. The number of benzene rings is 3. The zero-order valence-corrected chi connectivity index (χ0v) is 50.6. The van der Waals surface area contributed by atoms with Gasteiger partial charge in [-0.2, -0.15) is 0 Å². The van der Waals surface area contributed by atoms with Crippen LogP contribution in [0.3, 0.4) is 0 Å². The van der Waals surface area contributed by atoms with Crippen LogP contribution in [-0.2, 0) is 81.6 Å². The lowest BCUT2D eigenvalue weighted by atomic mass is 9.99. The van der Waals surface area contributed by atoms with Crippen LogP contribution in [0.1, 0.15) is 70.7 Å². The first-order chi connectivity index (χ1) is 43.2. The second-order valence-corrected chi connectivity index (χ2v) is 21.8. The van der Waals surface area contributed by atoms with Crippen molar-refractivity contribution < 1.29 is 97.4 Å². The molecule has 1 heterocycles. The zero-order valence-electron chi connectivity index (χ0n) is 50.6. The SMILES string of the molecule is C[C@H](NC(=O)[C@H](Cc1ccc(-c2ccccc2)cc1)NC(=O)[C@H](CC(=O)O)NC(=O)[C@H](CO)NC(=O)[C@@](F)(NC(=O)[C@H](Cc1ccccc1)NC(=O)[C@@H](NC(=O)CNC(=O)[C@H](CCC(=O)O)NC(=O)C(C)(C)NC(=O)[C@@H](N)Cc1c[nH]cn1)[C@@H](C)O)[C@@H](C)O)C(=O)O. The number of carbonyl (C=O) groups is 13. The Morgan fingerprint density at radius 2 is 1.11 bits per heavy atom. The Balaban J connectivity index is 1.48. The van der Waals surface area contributed by atoms with Crippen LogP contribution in [0.5, 0.6) is 0 Å². The van der Waals surface area contributed by atoms with Crippen molar-refractivity contribution in [3.63, 3.8) is 0 Å². The number of carboxylic acids is 3. The fourth-order valence-electron chi connectivity index (χ4n) is 8.58. The van der Waals surface area contributed by atoms with E-state index in [0.717, 1.165) is 25.0 Å². The average molecular weight is 1290 g/mol. The molecule has 92 heavy (non-hydrogen) atoms. The summed E-state index contributed by atoms with van der Waals surface area (Å²) in [6.45, 7) is 2.98. The molecule has 11 atom stereocenters. The molecule has 0 saturated heterocycles. The van der Waals surface area contributed by atoms with Crippen LogP contribution in [0.2, 0.25) is 0 Å². The third-order valence-electron chi connectivity index (χ3n) is 13.9. The minimum atomic E-state index is -3.97. The predicted octanol–water partition coefficient (Wildman–Crippen LogP) is -4.18. The first-order valence-corrected chi connectivity index (χ1v) is 28.5. The summed E-state index contributed by atoms with van der Waals surface area (Å²) in [5.41, 5.74) is 7.01. The number of hydrogen-bond donors (Lipinski definition) is 18. The number of hydrogen-bond acceptors (Lipinski definition) is 18. The average Bonchev–Trinajstić information content (AvgIpc) is 0.929. The Labute approximate surface area is 525 Å². The van der Waals surface area contributed by atoms with Crippen molar-refractivity contribution in [2.45, 2.75) is 145 Å². The molecule has 4 aromatic rings. The number of carbonyl (C=O) groups excluding carboxylic acids is 10. The number of nitrogens with zero attached hydrogens (tertiary/aromatic N) is 1. The van der Waals surface area contributed by atoms with Gasteiger partial charge in [-0.1, -0.05) is 84.9 Å². The minimum Gasteiger partial charge on any atom is -0.481 e. The van der Waals surface area contributed by atoms with Crippen molar-refractivity contribution in [3.8, 4) is 11.1 Å². The van der Waals surface area contributed by atoms with Gasteiger partial charge in [-0.3, -0.25) is 62.3 Å². The maximum atomic E-state index is 17.0. The van der Waals surface area contributed by atoms with E-state index in [1.54, 1.807) is 41.0 Å². The van der Waals surface area contributed by atoms with Gasteiger partial charge in [0.25, 0.3) is 11.7 Å². The number of nitrogens with two attached hydrogens (primary N) is 1. The summed E-state index contributed by atoms with van der Waals surface area (Å²) in [5, 5.41) is 81.6. The lowest BCUT2D eigenvalue weighted by molar-refractivity contribution is -0.153. The Hall–Kier alpha value is -10.2. The molecule has 10 amide bonds. The highest BCUT2D eigenvalue weighted by Gasteiger charge is 2.48. The van der Waals surface area contributed by atoms with Gasteiger partial charge in [0.05, 0.1) is 43.7 Å². The van der Waals surface area contributed by atoms with Crippen LogP contribution in [-0.4, -0.2) is 203 Å². The topological polar surface area (TPSA) is 518 Å². The molecule has 0 fully saturated rings. The van der Waals surface area contributed by atoms with E-state index in [9.17, 15) is 93.0 Å². The molecule has 0 saturated carbocycles. The van der Waals surface area contributed by atoms with Gasteiger partial charge in [0.1, 0.15) is 53.9 Å². The minimum absolute atomic E-state index is 0.0126. The summed E-state index contributed by atoms with van der Waals surface area (Å²) < 4.78 is 17.0. The highest BCUT2D eigenvalue weighted by Crippen LogP contribution is 2.21. The molecule has 498 valence electrons. The Kier molecular flexibility index (Phi) is 27.9. The van der Waals surface area contributed by atoms with Gasteiger partial charge in [-0.25, -0.2) is 9.37 Å². The summed E-state index contributed by atoms with van der Waals surface area (Å²) in [7, 11) is 0. The fraction of sp³-hybridized carbons (Fsp3) is 0.424. The first-order valence-electron chi connectivity index (χ1n) is 28.5. The van der Waals surface area contributed by atoms with Crippen molar-refractivity contribution in [3.05, 3.63) is 114 Å². The number of amides is 10. The number of aliphatic carboxylic acids is 3. The standard InChI is InChI=1S/C59H76FN13O19/c1-30(55(89)90)65-50(84)40(23-34-16-18-36(19-17-34)35-14-10-7-11-15-35)66-51(85)42(25-46(80)81)67-52(86)43(28-74)70-57(92)59(60,32(3)76)73-53(87)41(22-33-12-8-6-9-13-33)68-54(88)47(31(2)75)71-44(77)27-63-49(83)39(20-21-45(78)79)69-56(91)58(4,5)72-48(82)38(61)24-37-26-62-29-64-37/h6-19,26,29-32,38-43,47,74-76H,20-25,27-28,61H2,1-5H3,(H,62,64)(H,63,83)(H,65,84)(H,66,85)(H,67,86)(H,68,88)(H,69,91)(H,70,92)(H,71,77)(H,72,82)(H,73,87)(H,78,79)(H,80,81)(H,89,90)/t30-,31+,32+,38-,39-,40-,41-,42-,43-,47-,59-/m0/s1.